The number of nitrogens with zero attached hydrogens (tertiary/aromatic N) is 3. The molecule has 0 saturated carbocycles. The molecule has 1 aliphatic rings. The number of benzene rings is 1. The van der Waals surface area contributed by atoms with Crippen LogP contribution in [0, 0.1) is 19.8 Å². The van der Waals surface area contributed by atoms with E-state index in [9.17, 15) is 14.0 Å². The van der Waals surface area contributed by atoms with E-state index >= 15 is 0 Å². The Morgan fingerprint density at radius 3 is 2.53 bits per heavy atom. The molecule has 34 heavy (non-hydrogen) atoms. The lowest BCUT2D eigenvalue weighted by atomic mass is 9.80. The molecule has 7 nitrogen and oxygen atoms in total. The van der Waals surface area contributed by atoms with Crippen LogP contribution >= 0.6 is 0 Å². The predicted octanol–water partition coefficient (Wildman–Crippen LogP) is 4.57. The number of carbonyl (C=O) groups is 2. The number of allylic oxidation sites excluding steroid dienone is 2. The smallest absolute Gasteiger partial charge is 0.266 e. The zero-order valence-corrected chi connectivity index (χ0v) is 19.5. The second-order valence-corrected chi connectivity index (χ2v) is 8.76. The van der Waals surface area contributed by atoms with E-state index in [2.05, 4.69) is 15.4 Å². The minimum atomic E-state index is -0.647. The molecule has 2 amide bonds. The van der Waals surface area contributed by atoms with Crippen LogP contribution in [-0.2, 0) is 11.8 Å². The highest BCUT2D eigenvalue weighted by Crippen LogP contribution is 2.37. The first kappa shape index (κ1) is 23.4. The normalized spacial score (nSPS) is 16.6. The number of primary amides is 1. The van der Waals surface area contributed by atoms with Gasteiger partial charge in [-0.05, 0) is 74.4 Å². The number of carbonyl (C=O) groups excluding carboxylic acids is 2. The van der Waals surface area contributed by atoms with Crippen molar-refractivity contribution < 1.29 is 14.0 Å². The standard InChI is InChI=1S/C26H28FN5O2/c1-15-12-13-29-16(2)23(15)17-6-10-20(11-7-17)30-26(34)24(18-4-8-19(27)9-5-18)21-14-22(25(28)33)32(3)31-21/h6-8,10-14,18,24H,4-5,9H2,1-3H3,(H2,28,33)(H,30,34)/t18?,24-/m0/s1. The fourth-order valence-electron chi connectivity index (χ4n) is 4.66. The van der Waals surface area contributed by atoms with Gasteiger partial charge in [-0.2, -0.15) is 5.10 Å². The Labute approximate surface area is 197 Å². The number of halogens is 1. The third-order valence-corrected chi connectivity index (χ3v) is 6.41. The number of nitrogens with one attached hydrogen (secondary N) is 1. The average Bonchev–Trinajstić information content (AvgIpc) is 3.17. The van der Waals surface area contributed by atoms with Gasteiger partial charge in [-0.3, -0.25) is 19.3 Å². The maximum Gasteiger partial charge on any atom is 0.266 e. The highest BCUT2D eigenvalue weighted by molar-refractivity contribution is 5.97. The van der Waals surface area contributed by atoms with Gasteiger partial charge in [-0.1, -0.05) is 18.2 Å². The Hall–Kier alpha value is -3.81. The first-order valence-corrected chi connectivity index (χ1v) is 11.3. The summed E-state index contributed by atoms with van der Waals surface area (Å²) in [5.74, 6) is -1.82. The summed E-state index contributed by atoms with van der Waals surface area (Å²) in [6.45, 7) is 4.01. The Bertz CT molecular complexity index is 1240. The molecule has 3 aromatic rings. The van der Waals surface area contributed by atoms with Crippen molar-refractivity contribution in [2.75, 3.05) is 5.32 Å². The largest absolute Gasteiger partial charge is 0.364 e. The van der Waals surface area contributed by atoms with Crippen molar-refractivity contribution in [2.45, 2.75) is 39.0 Å². The molecule has 0 radical (unpaired) electrons. The van der Waals surface area contributed by atoms with Gasteiger partial charge in [-0.15, -0.1) is 0 Å². The molecule has 176 valence electrons. The molecule has 0 aliphatic heterocycles. The molecule has 3 N–H and O–H groups in total. The highest BCUT2D eigenvalue weighted by Gasteiger charge is 2.34. The number of aromatic nitrogens is 3. The summed E-state index contributed by atoms with van der Waals surface area (Å²) in [6.07, 6.45) is 4.53. The van der Waals surface area contributed by atoms with Crippen molar-refractivity contribution >= 4 is 17.5 Å². The van der Waals surface area contributed by atoms with Gasteiger partial charge in [0.25, 0.3) is 5.91 Å². The van der Waals surface area contributed by atoms with Gasteiger partial charge in [0, 0.05) is 30.2 Å². The molecule has 4 rings (SSSR count). The predicted molar refractivity (Wildman–Crippen MR) is 129 cm³/mol. The van der Waals surface area contributed by atoms with Gasteiger partial charge >= 0.3 is 0 Å². The van der Waals surface area contributed by atoms with E-state index in [1.54, 1.807) is 19.3 Å². The van der Waals surface area contributed by atoms with Crippen LogP contribution in [0.3, 0.4) is 0 Å². The molecule has 1 aliphatic carbocycles. The van der Waals surface area contributed by atoms with Gasteiger partial charge in [0.05, 0.1) is 17.4 Å². The molecule has 0 saturated heterocycles. The van der Waals surface area contributed by atoms with Crippen LogP contribution in [0.4, 0.5) is 10.1 Å². The Morgan fingerprint density at radius 2 is 1.94 bits per heavy atom. The molecule has 2 heterocycles. The Kier molecular flexibility index (Phi) is 6.58. The summed E-state index contributed by atoms with van der Waals surface area (Å²) in [7, 11) is 1.61. The van der Waals surface area contributed by atoms with Crippen LogP contribution in [0.5, 0.6) is 0 Å². The number of hydrogen-bond donors (Lipinski definition) is 2. The van der Waals surface area contributed by atoms with E-state index in [1.165, 1.54) is 10.8 Å². The molecule has 8 heteroatoms. The quantitative estimate of drug-likeness (QED) is 0.561. The van der Waals surface area contributed by atoms with Gasteiger partial charge in [0.15, 0.2) is 0 Å². The van der Waals surface area contributed by atoms with Crippen molar-refractivity contribution in [1.82, 2.24) is 14.8 Å². The summed E-state index contributed by atoms with van der Waals surface area (Å²) in [5.41, 5.74) is 10.9. The van der Waals surface area contributed by atoms with Crippen molar-refractivity contribution in [3.8, 4) is 11.1 Å². The summed E-state index contributed by atoms with van der Waals surface area (Å²) in [5, 5.41) is 7.38. The first-order chi connectivity index (χ1) is 16.2. The average molecular weight is 462 g/mol. The van der Waals surface area contributed by atoms with E-state index in [0.29, 0.717) is 24.2 Å². The maximum absolute atomic E-state index is 13.7. The number of anilines is 1. The molecule has 0 fully saturated rings. The topological polar surface area (TPSA) is 103 Å². The highest BCUT2D eigenvalue weighted by atomic mass is 19.1. The van der Waals surface area contributed by atoms with Crippen LogP contribution in [0.15, 0.2) is 54.5 Å². The van der Waals surface area contributed by atoms with Crippen LogP contribution in [0.2, 0.25) is 0 Å². The summed E-state index contributed by atoms with van der Waals surface area (Å²) in [4.78, 5) is 29.6. The Balaban J connectivity index is 1.61. The Morgan fingerprint density at radius 1 is 1.21 bits per heavy atom. The third kappa shape index (κ3) is 4.76. The van der Waals surface area contributed by atoms with Crippen LogP contribution < -0.4 is 11.1 Å². The third-order valence-electron chi connectivity index (χ3n) is 6.41. The number of nitrogens with two attached hydrogens (primary N) is 1. The first-order valence-electron chi connectivity index (χ1n) is 11.3. The second-order valence-electron chi connectivity index (χ2n) is 8.76. The van der Waals surface area contributed by atoms with Crippen molar-refractivity contribution in [3.63, 3.8) is 0 Å². The fraction of sp³-hybridized carbons (Fsp3) is 0.308. The maximum atomic E-state index is 13.7. The molecule has 1 unspecified atom stereocenters. The molecule has 2 aromatic heterocycles. The number of hydrogen-bond acceptors (Lipinski definition) is 4. The van der Waals surface area contributed by atoms with Crippen LogP contribution in [0.1, 0.15) is 52.6 Å². The van der Waals surface area contributed by atoms with E-state index in [0.717, 1.165) is 22.4 Å². The van der Waals surface area contributed by atoms with Crippen LogP contribution in [-0.4, -0.2) is 26.6 Å². The number of amides is 2. The zero-order valence-electron chi connectivity index (χ0n) is 19.5. The van der Waals surface area contributed by atoms with E-state index in [4.69, 9.17) is 5.73 Å². The number of pyridine rings is 1. The minimum Gasteiger partial charge on any atom is -0.364 e. The van der Waals surface area contributed by atoms with E-state index in [-0.39, 0.29) is 29.8 Å². The van der Waals surface area contributed by atoms with Crippen molar-refractivity contribution in [2.24, 2.45) is 18.7 Å². The molecular formula is C26H28FN5O2. The van der Waals surface area contributed by atoms with Gasteiger partial charge in [0.2, 0.25) is 5.91 Å². The van der Waals surface area contributed by atoms with Gasteiger partial charge < -0.3 is 11.1 Å². The molecule has 2 atom stereocenters. The van der Waals surface area contributed by atoms with Crippen LogP contribution in [0.25, 0.3) is 11.1 Å². The number of aryl methyl sites for hydroxylation is 3. The molecule has 1 aromatic carbocycles. The SMILES string of the molecule is Cc1ccnc(C)c1-c1ccc(NC(=O)[C@H](c2cc(C(N)=O)n(C)n2)C2CC=C(F)CC2)cc1. The molecular weight excluding hydrogens is 433 g/mol. The minimum absolute atomic E-state index is 0.143. The summed E-state index contributed by atoms with van der Waals surface area (Å²) < 4.78 is 15.0. The lowest BCUT2D eigenvalue weighted by molar-refractivity contribution is -0.119. The van der Waals surface area contributed by atoms with Gasteiger partial charge in [0.1, 0.15) is 5.69 Å². The fourth-order valence-corrected chi connectivity index (χ4v) is 4.66. The van der Waals surface area contributed by atoms with E-state index < -0.39 is 11.8 Å². The summed E-state index contributed by atoms with van der Waals surface area (Å²) in [6, 6.07) is 11.1. The molecule has 0 bridgehead atoms. The zero-order chi connectivity index (χ0) is 24.4. The summed E-state index contributed by atoms with van der Waals surface area (Å²) >= 11 is 0. The van der Waals surface area contributed by atoms with E-state index in [1.807, 2.05) is 44.2 Å². The second kappa shape index (κ2) is 9.59. The lowest BCUT2D eigenvalue weighted by Gasteiger charge is -2.26. The van der Waals surface area contributed by atoms with Crippen molar-refractivity contribution in [3.05, 3.63) is 77.1 Å². The van der Waals surface area contributed by atoms with Crippen molar-refractivity contribution in [1.29, 1.82) is 0 Å². The lowest BCUT2D eigenvalue weighted by Crippen LogP contribution is -2.29. The number of rotatable bonds is 6. The van der Waals surface area contributed by atoms with Gasteiger partial charge in [-0.25, -0.2) is 4.39 Å². The monoisotopic (exact) mass is 461 g/mol. The molecule has 0 spiro atoms.